The zero-order chi connectivity index (χ0) is 22.7. The fourth-order valence-electron chi connectivity index (χ4n) is 3.57. The Bertz CT molecular complexity index is 1210. The number of thioether (sulfide) groups is 1. The number of thiophene rings is 1. The Morgan fingerprint density at radius 2 is 2.00 bits per heavy atom. The maximum Gasteiger partial charge on any atom is 0.313 e. The number of amides is 1. The van der Waals surface area contributed by atoms with Crippen LogP contribution in [0.25, 0.3) is 10.2 Å². The number of nitriles is 1. The summed E-state index contributed by atoms with van der Waals surface area (Å²) in [7, 11) is 0. The van der Waals surface area contributed by atoms with Gasteiger partial charge in [0.1, 0.15) is 10.6 Å². The minimum Gasteiger partial charge on any atom is -0.481 e. The van der Waals surface area contributed by atoms with E-state index in [9.17, 15) is 9.59 Å². The van der Waals surface area contributed by atoms with Crippen LogP contribution in [0.4, 0.5) is 5.82 Å². The van der Waals surface area contributed by atoms with Crippen molar-refractivity contribution in [2.75, 3.05) is 36.8 Å². The largest absolute Gasteiger partial charge is 0.481 e. The molecular formula is C22H21N5O3S2. The van der Waals surface area contributed by atoms with Crippen molar-refractivity contribution in [1.29, 1.82) is 5.26 Å². The highest BCUT2D eigenvalue weighted by atomic mass is 32.2. The number of carboxylic acids is 1. The van der Waals surface area contributed by atoms with Crippen LogP contribution >= 0.6 is 23.1 Å². The van der Waals surface area contributed by atoms with Gasteiger partial charge in [-0.3, -0.25) is 9.59 Å². The van der Waals surface area contributed by atoms with Gasteiger partial charge in [-0.05, 0) is 30.7 Å². The van der Waals surface area contributed by atoms with E-state index in [1.165, 1.54) is 4.88 Å². The van der Waals surface area contributed by atoms with Crippen molar-refractivity contribution in [3.63, 3.8) is 0 Å². The molecule has 0 saturated carbocycles. The lowest BCUT2D eigenvalue weighted by Gasteiger charge is -2.35. The molecule has 0 aliphatic carbocycles. The zero-order valence-corrected chi connectivity index (χ0v) is 19.1. The van der Waals surface area contributed by atoms with Gasteiger partial charge in [0.2, 0.25) is 0 Å². The first kappa shape index (κ1) is 22.0. The van der Waals surface area contributed by atoms with E-state index in [0.29, 0.717) is 42.5 Å². The molecule has 4 rings (SSSR count). The van der Waals surface area contributed by atoms with Crippen LogP contribution in [0.1, 0.15) is 27.7 Å². The van der Waals surface area contributed by atoms with Crippen LogP contribution in [0, 0.1) is 11.3 Å². The van der Waals surface area contributed by atoms with Gasteiger partial charge in [0.15, 0.2) is 5.16 Å². The minimum atomic E-state index is -0.909. The summed E-state index contributed by atoms with van der Waals surface area (Å²) in [6.07, 6.45) is 0.891. The molecular weight excluding hydrogens is 446 g/mol. The Balaban J connectivity index is 1.55. The van der Waals surface area contributed by atoms with Crippen molar-refractivity contribution in [3.8, 4) is 6.07 Å². The number of carbonyl (C=O) groups is 2. The number of nitrogens with zero attached hydrogens (tertiary/aromatic N) is 5. The average Bonchev–Trinajstić information content (AvgIpc) is 3.25. The maximum absolute atomic E-state index is 12.9. The summed E-state index contributed by atoms with van der Waals surface area (Å²) in [5.74, 6) is -0.303. The number of aromatic nitrogens is 2. The van der Waals surface area contributed by atoms with E-state index in [1.54, 1.807) is 40.5 Å². The summed E-state index contributed by atoms with van der Waals surface area (Å²) >= 11 is 2.71. The van der Waals surface area contributed by atoms with E-state index in [2.05, 4.69) is 33.9 Å². The summed E-state index contributed by atoms with van der Waals surface area (Å²) in [6.45, 7) is 4.36. The topological polar surface area (TPSA) is 110 Å². The van der Waals surface area contributed by atoms with Crippen LogP contribution in [0.5, 0.6) is 0 Å². The highest BCUT2D eigenvalue weighted by Gasteiger charge is 2.25. The summed E-state index contributed by atoms with van der Waals surface area (Å²) in [4.78, 5) is 39.1. The van der Waals surface area contributed by atoms with Gasteiger partial charge in [-0.2, -0.15) is 5.26 Å². The molecule has 1 aliphatic rings. The van der Waals surface area contributed by atoms with E-state index in [0.717, 1.165) is 34.2 Å². The highest BCUT2D eigenvalue weighted by Crippen LogP contribution is 2.34. The van der Waals surface area contributed by atoms with Crippen molar-refractivity contribution >= 4 is 51.0 Å². The second-order valence-corrected chi connectivity index (χ2v) is 9.33. The normalized spacial score (nSPS) is 13.9. The molecule has 1 amide bonds. The van der Waals surface area contributed by atoms with Gasteiger partial charge in [0.25, 0.3) is 5.91 Å². The Labute approximate surface area is 193 Å². The molecule has 1 fully saturated rings. The molecule has 0 spiro atoms. The summed E-state index contributed by atoms with van der Waals surface area (Å²) in [5, 5.41) is 19.5. The smallest absolute Gasteiger partial charge is 0.313 e. The van der Waals surface area contributed by atoms with Gasteiger partial charge in [0.05, 0.1) is 22.8 Å². The first-order valence-corrected chi connectivity index (χ1v) is 12.0. The Kier molecular flexibility index (Phi) is 6.58. The molecule has 8 nitrogen and oxygen atoms in total. The Hall–Kier alpha value is -3.16. The van der Waals surface area contributed by atoms with Crippen LogP contribution < -0.4 is 4.90 Å². The first-order valence-electron chi connectivity index (χ1n) is 10.2. The lowest BCUT2D eigenvalue weighted by Crippen LogP contribution is -2.49. The van der Waals surface area contributed by atoms with Gasteiger partial charge in [0, 0.05) is 36.6 Å². The third-order valence-electron chi connectivity index (χ3n) is 5.18. The molecule has 10 heteroatoms. The van der Waals surface area contributed by atoms with E-state index in [-0.39, 0.29) is 11.7 Å². The number of carbonyl (C=O) groups excluding carboxylic acids is 1. The summed E-state index contributed by atoms with van der Waals surface area (Å²) in [5.41, 5.74) is 0.980. The minimum absolute atomic E-state index is 0.0870. The third-order valence-corrected chi connectivity index (χ3v) is 7.19. The number of aryl methyl sites for hydroxylation is 1. The molecule has 1 N–H and O–H groups in total. The van der Waals surface area contributed by atoms with E-state index < -0.39 is 5.97 Å². The number of hydrogen-bond donors (Lipinski definition) is 1. The van der Waals surface area contributed by atoms with Crippen LogP contribution in [0.3, 0.4) is 0 Å². The fraction of sp³-hybridized carbons (Fsp3) is 0.318. The summed E-state index contributed by atoms with van der Waals surface area (Å²) < 4.78 is 0. The van der Waals surface area contributed by atoms with Crippen molar-refractivity contribution in [2.45, 2.75) is 18.5 Å². The molecule has 1 saturated heterocycles. The van der Waals surface area contributed by atoms with Crippen molar-refractivity contribution in [1.82, 2.24) is 14.9 Å². The van der Waals surface area contributed by atoms with Crippen LogP contribution in [0.2, 0.25) is 0 Å². The maximum atomic E-state index is 12.9. The molecule has 1 aromatic carbocycles. The zero-order valence-electron chi connectivity index (χ0n) is 17.4. The Morgan fingerprint density at radius 3 is 2.69 bits per heavy atom. The van der Waals surface area contributed by atoms with Crippen LogP contribution in [-0.4, -0.2) is 63.8 Å². The molecule has 3 aromatic rings. The summed E-state index contributed by atoms with van der Waals surface area (Å²) in [6, 6.07) is 10.9. The van der Waals surface area contributed by atoms with Crippen LogP contribution in [0.15, 0.2) is 35.5 Å². The molecule has 0 bridgehead atoms. The molecule has 0 atom stereocenters. The molecule has 164 valence electrons. The molecule has 1 aliphatic heterocycles. The second-order valence-electron chi connectivity index (χ2n) is 7.27. The number of rotatable bonds is 6. The molecule has 0 unspecified atom stereocenters. The predicted octanol–water partition coefficient (Wildman–Crippen LogP) is 3.26. The number of carboxylic acid groups (broad SMARTS) is 1. The number of anilines is 1. The monoisotopic (exact) mass is 467 g/mol. The second kappa shape index (κ2) is 9.54. The van der Waals surface area contributed by atoms with Crippen molar-refractivity contribution in [2.24, 2.45) is 0 Å². The van der Waals surface area contributed by atoms with Gasteiger partial charge in [-0.15, -0.1) is 11.3 Å². The SMILES string of the molecule is CCc1cc2c(N3CCN(C(=O)c4cccc(C#N)c4)CC3)nc(SCC(=O)O)nc2s1. The number of hydrogen-bond acceptors (Lipinski definition) is 8. The van der Waals surface area contributed by atoms with Crippen LogP contribution in [-0.2, 0) is 11.2 Å². The van der Waals surface area contributed by atoms with E-state index in [4.69, 9.17) is 10.4 Å². The standard InChI is InChI=1S/C22H21N5O3S2/c1-2-16-11-17-19(24-22(25-20(17)32-16)31-13-18(28)29)26-6-8-27(9-7-26)21(30)15-5-3-4-14(10-15)12-23/h3-5,10-11H,2,6-9,13H2,1H3,(H,28,29). The highest BCUT2D eigenvalue weighted by molar-refractivity contribution is 7.99. The Morgan fingerprint density at radius 1 is 1.22 bits per heavy atom. The van der Waals surface area contributed by atoms with Gasteiger partial charge < -0.3 is 14.9 Å². The first-order chi connectivity index (χ1) is 15.5. The average molecular weight is 468 g/mol. The predicted molar refractivity (Wildman–Crippen MR) is 124 cm³/mol. The van der Waals surface area contributed by atoms with Gasteiger partial charge >= 0.3 is 5.97 Å². The van der Waals surface area contributed by atoms with Crippen molar-refractivity contribution in [3.05, 3.63) is 46.3 Å². The van der Waals surface area contributed by atoms with Gasteiger partial charge in [-0.1, -0.05) is 24.8 Å². The number of aliphatic carboxylic acids is 1. The number of piperazine rings is 1. The quantitative estimate of drug-likeness (QED) is 0.434. The van der Waals surface area contributed by atoms with Crippen molar-refractivity contribution < 1.29 is 14.7 Å². The molecule has 0 radical (unpaired) electrons. The van der Waals surface area contributed by atoms with E-state index in [1.807, 2.05) is 0 Å². The molecule has 32 heavy (non-hydrogen) atoms. The molecule has 3 heterocycles. The van der Waals surface area contributed by atoms with Gasteiger partial charge in [-0.25, -0.2) is 9.97 Å². The fourth-order valence-corrected chi connectivity index (χ4v) is 5.15. The third kappa shape index (κ3) is 4.69. The number of benzene rings is 1. The lowest BCUT2D eigenvalue weighted by atomic mass is 10.1. The van der Waals surface area contributed by atoms with E-state index >= 15 is 0 Å². The molecule has 2 aromatic heterocycles. The number of fused-ring (bicyclic) bond motifs is 1. The lowest BCUT2D eigenvalue weighted by molar-refractivity contribution is -0.133.